The van der Waals surface area contributed by atoms with Gasteiger partial charge in [0, 0.05) is 25.5 Å². The summed E-state index contributed by atoms with van der Waals surface area (Å²) in [5.41, 5.74) is 3.33. The molecular weight excluding hydrogens is 456 g/mol. The molecule has 1 aromatic carbocycles. The summed E-state index contributed by atoms with van der Waals surface area (Å²) in [6.45, 7) is 5.56. The minimum Gasteiger partial charge on any atom is -0.337 e. The lowest BCUT2D eigenvalue weighted by molar-refractivity contribution is 0.0990. The number of thiazole rings is 1. The van der Waals surface area contributed by atoms with E-state index in [1.54, 1.807) is 23.9 Å². The number of thiophene rings is 1. The number of rotatable bonds is 6. The molecule has 0 bridgehead atoms. The molecule has 4 aromatic rings. The fraction of sp³-hybridized carbons (Fsp3) is 0.250. The summed E-state index contributed by atoms with van der Waals surface area (Å²) in [5, 5.41) is 0.754. The predicted molar refractivity (Wildman–Crippen MR) is 120 cm³/mol. The molecule has 0 aliphatic carbocycles. The quantitative estimate of drug-likeness (QED) is 0.361. The number of aryl methyl sites for hydroxylation is 3. The number of halogens is 1. The second kappa shape index (κ2) is 8.14. The first-order valence-corrected chi connectivity index (χ1v) is 11.3. The Morgan fingerprint density at radius 2 is 2.11 bits per heavy atom. The molecule has 0 spiro atoms. The third-order valence-electron chi connectivity index (χ3n) is 4.44. The van der Waals surface area contributed by atoms with Gasteiger partial charge in [0.05, 0.1) is 25.2 Å². The molecule has 3 heterocycles. The van der Waals surface area contributed by atoms with Crippen LogP contribution in [0.3, 0.4) is 0 Å². The van der Waals surface area contributed by atoms with Crippen LogP contribution in [-0.4, -0.2) is 27.0 Å². The number of fused-ring (bicyclic) bond motifs is 1. The zero-order valence-electron chi connectivity index (χ0n) is 15.6. The zero-order chi connectivity index (χ0) is 19.7. The van der Waals surface area contributed by atoms with Crippen LogP contribution in [0, 0.1) is 13.8 Å². The summed E-state index contributed by atoms with van der Waals surface area (Å²) in [7, 11) is 0. The van der Waals surface area contributed by atoms with E-state index in [-0.39, 0.29) is 5.91 Å². The SMILES string of the molecule is Cc1cc(C)c2nc(N(CCCn3ccnc3)C(=O)c3ccc(Br)s3)sc2c1. The number of imidazole rings is 1. The third kappa shape index (κ3) is 4.04. The number of aromatic nitrogens is 3. The normalized spacial score (nSPS) is 11.2. The predicted octanol–water partition coefficient (Wildman–Crippen LogP) is 5.67. The van der Waals surface area contributed by atoms with Crippen molar-refractivity contribution in [1.29, 1.82) is 0 Å². The van der Waals surface area contributed by atoms with E-state index in [0.29, 0.717) is 11.4 Å². The fourth-order valence-corrected chi connectivity index (χ4v) is 5.65. The van der Waals surface area contributed by atoms with Crippen molar-refractivity contribution < 1.29 is 4.79 Å². The second-order valence-electron chi connectivity index (χ2n) is 6.64. The number of carbonyl (C=O) groups excluding carboxylic acids is 1. The van der Waals surface area contributed by atoms with E-state index in [1.165, 1.54) is 16.9 Å². The van der Waals surface area contributed by atoms with Crippen LogP contribution in [-0.2, 0) is 6.54 Å². The van der Waals surface area contributed by atoms with Crippen molar-refractivity contribution in [2.45, 2.75) is 26.8 Å². The number of hydrogen-bond donors (Lipinski definition) is 0. The summed E-state index contributed by atoms with van der Waals surface area (Å²) in [6.07, 6.45) is 6.33. The first-order valence-electron chi connectivity index (χ1n) is 8.92. The van der Waals surface area contributed by atoms with E-state index in [4.69, 9.17) is 4.98 Å². The highest BCUT2D eigenvalue weighted by molar-refractivity contribution is 9.11. The van der Waals surface area contributed by atoms with E-state index in [0.717, 1.165) is 37.7 Å². The summed E-state index contributed by atoms with van der Waals surface area (Å²) < 4.78 is 4.09. The van der Waals surface area contributed by atoms with Crippen molar-refractivity contribution in [2.24, 2.45) is 0 Å². The number of anilines is 1. The molecule has 28 heavy (non-hydrogen) atoms. The highest BCUT2D eigenvalue weighted by Crippen LogP contribution is 2.33. The number of benzene rings is 1. The van der Waals surface area contributed by atoms with Gasteiger partial charge in [0.15, 0.2) is 5.13 Å². The van der Waals surface area contributed by atoms with Crippen LogP contribution in [0.1, 0.15) is 27.2 Å². The minimum atomic E-state index is -0.00485. The van der Waals surface area contributed by atoms with Gasteiger partial charge in [0.25, 0.3) is 5.91 Å². The molecule has 0 aliphatic heterocycles. The van der Waals surface area contributed by atoms with Crippen molar-refractivity contribution in [1.82, 2.24) is 14.5 Å². The van der Waals surface area contributed by atoms with Gasteiger partial charge in [-0.25, -0.2) is 9.97 Å². The average Bonchev–Trinajstić information content (AvgIpc) is 3.38. The molecule has 4 rings (SSSR count). The van der Waals surface area contributed by atoms with Crippen LogP contribution in [0.25, 0.3) is 10.2 Å². The first kappa shape index (κ1) is 19.3. The Hall–Kier alpha value is -2.03. The number of amides is 1. The fourth-order valence-electron chi connectivity index (χ4n) is 3.15. The molecule has 0 atom stereocenters. The van der Waals surface area contributed by atoms with Gasteiger partial charge < -0.3 is 4.57 Å². The largest absolute Gasteiger partial charge is 0.337 e. The van der Waals surface area contributed by atoms with Crippen molar-refractivity contribution in [3.05, 3.63) is 62.8 Å². The Balaban J connectivity index is 1.65. The van der Waals surface area contributed by atoms with Crippen LogP contribution >= 0.6 is 38.6 Å². The van der Waals surface area contributed by atoms with Crippen molar-refractivity contribution in [3.8, 4) is 0 Å². The average molecular weight is 475 g/mol. The zero-order valence-corrected chi connectivity index (χ0v) is 18.8. The second-order valence-corrected chi connectivity index (χ2v) is 10.1. The Labute approximate surface area is 179 Å². The Morgan fingerprint density at radius 1 is 1.25 bits per heavy atom. The van der Waals surface area contributed by atoms with E-state index in [1.807, 2.05) is 27.8 Å². The van der Waals surface area contributed by atoms with Crippen LogP contribution in [0.2, 0.25) is 0 Å². The van der Waals surface area contributed by atoms with Crippen molar-refractivity contribution >= 4 is 59.9 Å². The topological polar surface area (TPSA) is 51.0 Å². The van der Waals surface area contributed by atoms with Gasteiger partial charge in [-0.15, -0.1) is 11.3 Å². The maximum Gasteiger partial charge on any atom is 0.270 e. The smallest absolute Gasteiger partial charge is 0.270 e. The molecule has 0 aliphatic rings. The summed E-state index contributed by atoms with van der Waals surface area (Å²) >= 11 is 6.48. The van der Waals surface area contributed by atoms with E-state index < -0.39 is 0 Å². The van der Waals surface area contributed by atoms with Gasteiger partial charge >= 0.3 is 0 Å². The number of carbonyl (C=O) groups is 1. The molecule has 0 unspecified atom stereocenters. The lowest BCUT2D eigenvalue weighted by atomic mass is 10.1. The molecule has 5 nitrogen and oxygen atoms in total. The van der Waals surface area contributed by atoms with Gasteiger partial charge in [0.1, 0.15) is 0 Å². The molecule has 3 aromatic heterocycles. The summed E-state index contributed by atoms with van der Waals surface area (Å²) in [5.74, 6) is -0.00485. The Kier molecular flexibility index (Phi) is 5.61. The molecule has 0 saturated carbocycles. The summed E-state index contributed by atoms with van der Waals surface area (Å²) in [6, 6.07) is 8.04. The highest BCUT2D eigenvalue weighted by Gasteiger charge is 2.23. The van der Waals surface area contributed by atoms with Crippen LogP contribution < -0.4 is 4.90 Å². The van der Waals surface area contributed by atoms with Gasteiger partial charge in [-0.05, 0) is 65.5 Å². The van der Waals surface area contributed by atoms with Crippen LogP contribution in [0.5, 0.6) is 0 Å². The number of nitrogens with zero attached hydrogens (tertiary/aromatic N) is 4. The molecule has 1 amide bonds. The number of hydrogen-bond acceptors (Lipinski definition) is 5. The molecular formula is C20H19BrN4OS2. The van der Waals surface area contributed by atoms with Gasteiger partial charge in [-0.3, -0.25) is 9.69 Å². The van der Waals surface area contributed by atoms with E-state index in [2.05, 4.69) is 46.9 Å². The van der Waals surface area contributed by atoms with Crippen LogP contribution in [0.4, 0.5) is 5.13 Å². The Morgan fingerprint density at radius 3 is 2.82 bits per heavy atom. The molecule has 0 fully saturated rings. The van der Waals surface area contributed by atoms with E-state index in [9.17, 15) is 4.79 Å². The lowest BCUT2D eigenvalue weighted by Crippen LogP contribution is -2.31. The van der Waals surface area contributed by atoms with Crippen molar-refractivity contribution in [3.63, 3.8) is 0 Å². The molecule has 0 N–H and O–H groups in total. The maximum absolute atomic E-state index is 13.2. The van der Waals surface area contributed by atoms with Crippen molar-refractivity contribution in [2.75, 3.05) is 11.4 Å². The standard InChI is InChI=1S/C20H19BrN4OS2/c1-13-10-14(2)18-16(11-13)28-20(23-18)25(8-3-7-24-9-6-22-12-24)19(26)15-4-5-17(21)27-15/h4-6,9-12H,3,7-8H2,1-2H3. The molecule has 0 radical (unpaired) electrons. The third-order valence-corrected chi connectivity index (χ3v) is 7.07. The first-order chi connectivity index (χ1) is 13.5. The molecule has 8 heteroatoms. The van der Waals surface area contributed by atoms with Gasteiger partial charge in [-0.2, -0.15) is 0 Å². The van der Waals surface area contributed by atoms with Crippen LogP contribution in [0.15, 0.2) is 46.8 Å². The molecule has 144 valence electrons. The monoisotopic (exact) mass is 474 g/mol. The maximum atomic E-state index is 13.2. The Bertz CT molecular complexity index is 1120. The van der Waals surface area contributed by atoms with Gasteiger partial charge in [0.2, 0.25) is 0 Å². The van der Waals surface area contributed by atoms with Gasteiger partial charge in [-0.1, -0.05) is 17.4 Å². The lowest BCUT2D eigenvalue weighted by Gasteiger charge is -2.19. The highest BCUT2D eigenvalue weighted by atomic mass is 79.9. The van der Waals surface area contributed by atoms with E-state index >= 15 is 0 Å². The summed E-state index contributed by atoms with van der Waals surface area (Å²) in [4.78, 5) is 24.7. The minimum absolute atomic E-state index is 0.00485. The molecule has 0 saturated heterocycles.